The van der Waals surface area contributed by atoms with Crippen LogP contribution in [0.15, 0.2) is 28.8 Å². The van der Waals surface area contributed by atoms with Crippen molar-refractivity contribution in [3.63, 3.8) is 0 Å². The van der Waals surface area contributed by atoms with Crippen molar-refractivity contribution in [2.45, 2.75) is 20.4 Å². The first-order valence-electron chi connectivity index (χ1n) is 6.17. The maximum Gasteiger partial charge on any atom is 0.208 e. The Morgan fingerprint density at radius 3 is 2.79 bits per heavy atom. The number of hydrogen-bond donors (Lipinski definition) is 1. The lowest BCUT2D eigenvalue weighted by molar-refractivity contribution is 0.459. The molecule has 5 heteroatoms. The molecule has 1 N–H and O–H groups in total. The Bertz CT molecular complexity index is 552. The average Bonchev–Trinajstić information content (AvgIpc) is 2.77. The Hall–Kier alpha value is -1.03. The summed E-state index contributed by atoms with van der Waals surface area (Å²) in [6, 6.07) is 5.30. The first kappa shape index (κ1) is 14.4. The summed E-state index contributed by atoms with van der Waals surface area (Å²) in [6.07, 6.45) is 1.68. The molecule has 0 aliphatic rings. The monoisotopic (exact) mass is 298 g/mol. The molecule has 0 fully saturated rings. The molecule has 1 heterocycles. The first-order valence-corrected chi connectivity index (χ1v) is 6.92. The number of oxazole rings is 1. The van der Waals surface area contributed by atoms with Gasteiger partial charge >= 0.3 is 0 Å². The normalized spacial score (nSPS) is 11.2. The molecule has 1 aromatic heterocycles. The van der Waals surface area contributed by atoms with Gasteiger partial charge in [-0.05, 0) is 30.7 Å². The van der Waals surface area contributed by atoms with Crippen LogP contribution < -0.4 is 5.32 Å². The van der Waals surface area contributed by atoms with E-state index in [0.717, 1.165) is 12.1 Å². The Kier molecular flexibility index (Phi) is 4.86. The molecule has 0 unspecified atom stereocenters. The largest absolute Gasteiger partial charge is 0.439 e. The minimum Gasteiger partial charge on any atom is -0.439 e. The lowest BCUT2D eigenvalue weighted by atomic mass is 10.2. The van der Waals surface area contributed by atoms with Gasteiger partial charge in [0.1, 0.15) is 0 Å². The number of halogens is 2. The third kappa shape index (κ3) is 3.96. The van der Waals surface area contributed by atoms with Crippen LogP contribution in [0.5, 0.6) is 0 Å². The van der Waals surface area contributed by atoms with Gasteiger partial charge in [0.15, 0.2) is 5.76 Å². The van der Waals surface area contributed by atoms with Gasteiger partial charge in [0.2, 0.25) is 5.89 Å². The fraction of sp³-hybridized carbons (Fsp3) is 0.357. The van der Waals surface area contributed by atoms with E-state index >= 15 is 0 Å². The Morgan fingerprint density at radius 2 is 2.11 bits per heavy atom. The topological polar surface area (TPSA) is 38.1 Å². The number of aromatic nitrogens is 1. The van der Waals surface area contributed by atoms with Gasteiger partial charge in [-0.3, -0.25) is 0 Å². The predicted octanol–water partition coefficient (Wildman–Crippen LogP) is 4.39. The van der Waals surface area contributed by atoms with Gasteiger partial charge in [0, 0.05) is 10.6 Å². The van der Waals surface area contributed by atoms with E-state index in [1.807, 2.05) is 6.07 Å². The molecule has 0 spiro atoms. The number of hydrogen-bond acceptors (Lipinski definition) is 3. The van der Waals surface area contributed by atoms with Gasteiger partial charge in [0.05, 0.1) is 17.8 Å². The van der Waals surface area contributed by atoms with Gasteiger partial charge in [-0.2, -0.15) is 0 Å². The summed E-state index contributed by atoms with van der Waals surface area (Å²) in [4.78, 5) is 4.23. The van der Waals surface area contributed by atoms with Crippen LogP contribution in [0, 0.1) is 5.92 Å². The van der Waals surface area contributed by atoms with E-state index in [1.165, 1.54) is 0 Å². The summed E-state index contributed by atoms with van der Waals surface area (Å²) >= 11 is 12.0. The molecule has 102 valence electrons. The molecule has 0 bridgehead atoms. The van der Waals surface area contributed by atoms with Gasteiger partial charge < -0.3 is 9.73 Å². The zero-order chi connectivity index (χ0) is 13.8. The van der Waals surface area contributed by atoms with Crippen molar-refractivity contribution in [3.05, 3.63) is 40.3 Å². The maximum absolute atomic E-state index is 6.13. The fourth-order valence-corrected chi connectivity index (χ4v) is 2.18. The van der Waals surface area contributed by atoms with Crippen molar-refractivity contribution in [3.8, 4) is 11.3 Å². The van der Waals surface area contributed by atoms with Gasteiger partial charge in [-0.25, -0.2) is 4.98 Å². The highest BCUT2D eigenvalue weighted by molar-refractivity contribution is 6.36. The van der Waals surface area contributed by atoms with Crippen LogP contribution >= 0.6 is 23.2 Å². The van der Waals surface area contributed by atoms with Crippen LogP contribution in [0.4, 0.5) is 0 Å². The fourth-order valence-electron chi connectivity index (χ4n) is 1.67. The van der Waals surface area contributed by atoms with Crippen LogP contribution in [0.1, 0.15) is 19.7 Å². The lowest BCUT2D eigenvalue weighted by Gasteiger charge is -2.04. The molecule has 3 nitrogen and oxygen atoms in total. The molecule has 0 aliphatic heterocycles. The van der Waals surface area contributed by atoms with E-state index in [9.17, 15) is 0 Å². The standard InChI is InChI=1S/C14H16Cl2N2O/c1-9(2)6-17-8-14-18-7-13(19-14)11-4-3-10(15)5-12(11)16/h3-5,7,9,17H,6,8H2,1-2H3. The second-order valence-electron chi connectivity index (χ2n) is 4.77. The third-order valence-corrected chi connectivity index (χ3v) is 3.13. The Balaban J connectivity index is 2.08. The number of rotatable bonds is 5. The highest BCUT2D eigenvalue weighted by Crippen LogP contribution is 2.30. The van der Waals surface area contributed by atoms with E-state index in [4.69, 9.17) is 27.6 Å². The van der Waals surface area contributed by atoms with Crippen molar-refractivity contribution < 1.29 is 4.42 Å². The van der Waals surface area contributed by atoms with Crippen molar-refractivity contribution >= 4 is 23.2 Å². The number of benzene rings is 1. The highest BCUT2D eigenvalue weighted by Gasteiger charge is 2.10. The van der Waals surface area contributed by atoms with E-state index in [1.54, 1.807) is 18.3 Å². The zero-order valence-corrected chi connectivity index (χ0v) is 12.4. The van der Waals surface area contributed by atoms with Crippen molar-refractivity contribution in [2.24, 2.45) is 5.92 Å². The lowest BCUT2D eigenvalue weighted by Crippen LogP contribution is -2.18. The summed E-state index contributed by atoms with van der Waals surface area (Å²) in [5.74, 6) is 1.91. The summed E-state index contributed by atoms with van der Waals surface area (Å²) in [5, 5.41) is 4.44. The molecule has 1 aromatic carbocycles. The molecule has 19 heavy (non-hydrogen) atoms. The van der Waals surface area contributed by atoms with Crippen molar-refractivity contribution in [2.75, 3.05) is 6.54 Å². The van der Waals surface area contributed by atoms with Crippen LogP contribution in [-0.2, 0) is 6.54 Å². The predicted molar refractivity (Wildman–Crippen MR) is 78.5 cm³/mol. The molecule has 0 amide bonds. The van der Waals surface area contributed by atoms with Crippen molar-refractivity contribution in [1.82, 2.24) is 10.3 Å². The molecule has 2 rings (SSSR count). The number of nitrogens with one attached hydrogen (secondary N) is 1. The number of nitrogens with zero attached hydrogens (tertiary/aromatic N) is 1. The van der Waals surface area contributed by atoms with Gasteiger partial charge in [-0.15, -0.1) is 0 Å². The summed E-state index contributed by atoms with van der Waals surface area (Å²) in [5.41, 5.74) is 0.800. The van der Waals surface area contributed by atoms with E-state index in [-0.39, 0.29) is 0 Å². The Morgan fingerprint density at radius 1 is 1.32 bits per heavy atom. The van der Waals surface area contributed by atoms with Crippen LogP contribution in [0.3, 0.4) is 0 Å². The molecular weight excluding hydrogens is 283 g/mol. The first-order chi connectivity index (χ1) is 9.06. The third-order valence-electron chi connectivity index (χ3n) is 2.58. The second kappa shape index (κ2) is 6.42. The zero-order valence-electron chi connectivity index (χ0n) is 10.9. The Labute approximate surface area is 122 Å². The maximum atomic E-state index is 6.13. The van der Waals surface area contributed by atoms with Crippen LogP contribution in [0.25, 0.3) is 11.3 Å². The summed E-state index contributed by atoms with van der Waals surface area (Å²) in [7, 11) is 0. The van der Waals surface area contributed by atoms with Gasteiger partial charge in [0.25, 0.3) is 0 Å². The van der Waals surface area contributed by atoms with E-state index in [2.05, 4.69) is 24.1 Å². The quantitative estimate of drug-likeness (QED) is 0.889. The second-order valence-corrected chi connectivity index (χ2v) is 5.61. The molecule has 0 saturated heterocycles. The van der Waals surface area contributed by atoms with Crippen LogP contribution in [0.2, 0.25) is 10.0 Å². The molecule has 0 aliphatic carbocycles. The van der Waals surface area contributed by atoms with E-state index < -0.39 is 0 Å². The SMILES string of the molecule is CC(C)CNCc1ncc(-c2ccc(Cl)cc2Cl)o1. The minimum absolute atomic E-state index is 0.560. The molecule has 2 aromatic rings. The molecular formula is C14H16Cl2N2O. The molecule has 0 saturated carbocycles. The van der Waals surface area contributed by atoms with E-state index in [0.29, 0.717) is 34.2 Å². The van der Waals surface area contributed by atoms with Crippen molar-refractivity contribution in [1.29, 1.82) is 0 Å². The smallest absolute Gasteiger partial charge is 0.208 e. The van der Waals surface area contributed by atoms with Crippen LogP contribution in [-0.4, -0.2) is 11.5 Å². The molecule has 0 radical (unpaired) electrons. The summed E-state index contributed by atoms with van der Waals surface area (Å²) in [6.45, 7) is 5.85. The highest BCUT2D eigenvalue weighted by atomic mass is 35.5. The van der Waals surface area contributed by atoms with Gasteiger partial charge in [-0.1, -0.05) is 37.0 Å². The summed E-state index contributed by atoms with van der Waals surface area (Å²) < 4.78 is 5.67. The minimum atomic E-state index is 0.560. The average molecular weight is 299 g/mol. The molecule has 0 atom stereocenters.